The van der Waals surface area contributed by atoms with Crippen LogP contribution in [0.1, 0.15) is 11.3 Å². The van der Waals surface area contributed by atoms with Crippen molar-refractivity contribution in [1.82, 2.24) is 5.32 Å². The monoisotopic (exact) mass is 295 g/mol. The Morgan fingerprint density at radius 2 is 2.36 bits per heavy atom. The summed E-state index contributed by atoms with van der Waals surface area (Å²) in [5, 5.41) is 2.81. The fraction of sp³-hybridized carbons (Fsp3) is 0.444. The number of halogens is 2. The summed E-state index contributed by atoms with van der Waals surface area (Å²) in [5.41, 5.74) is 0. The van der Waals surface area contributed by atoms with Crippen molar-refractivity contribution >= 4 is 44.8 Å². The number of alkyl halides is 1. The molecule has 2 nitrogen and oxygen atoms in total. The van der Waals surface area contributed by atoms with Crippen LogP contribution in [0, 0.1) is 0 Å². The van der Waals surface area contributed by atoms with Gasteiger partial charge >= 0.3 is 0 Å². The van der Waals surface area contributed by atoms with Crippen LogP contribution in [0.25, 0.3) is 0 Å². The molecule has 1 amide bonds. The predicted molar refractivity (Wildman–Crippen MR) is 64.1 cm³/mol. The van der Waals surface area contributed by atoms with Crippen molar-refractivity contribution in [3.05, 3.63) is 20.8 Å². The largest absolute Gasteiger partial charge is 0.356 e. The van der Waals surface area contributed by atoms with Gasteiger partial charge in [0, 0.05) is 23.7 Å². The van der Waals surface area contributed by atoms with Crippen molar-refractivity contribution in [3.8, 4) is 0 Å². The van der Waals surface area contributed by atoms with E-state index >= 15 is 0 Å². The number of rotatable bonds is 5. The summed E-state index contributed by atoms with van der Waals surface area (Å²) in [6.07, 6.45) is 1.28. The highest BCUT2D eigenvalue weighted by Gasteiger charge is 2.00. The number of carbonyl (C=O) groups is 1. The van der Waals surface area contributed by atoms with Gasteiger partial charge in [-0.3, -0.25) is 4.79 Å². The molecule has 1 heterocycles. The summed E-state index contributed by atoms with van der Waals surface area (Å²) in [5.74, 6) is 0.409. The van der Waals surface area contributed by atoms with Crippen molar-refractivity contribution in [2.45, 2.75) is 12.8 Å². The van der Waals surface area contributed by atoms with E-state index in [1.807, 2.05) is 6.07 Å². The van der Waals surface area contributed by atoms with Crippen LogP contribution in [0.15, 0.2) is 15.9 Å². The highest BCUT2D eigenvalue weighted by Crippen LogP contribution is 2.21. The van der Waals surface area contributed by atoms with Gasteiger partial charge in [0.05, 0.1) is 3.79 Å². The van der Waals surface area contributed by atoms with Gasteiger partial charge in [0.1, 0.15) is 0 Å². The van der Waals surface area contributed by atoms with Crippen molar-refractivity contribution in [2.75, 3.05) is 12.4 Å². The molecular formula is C9H11BrClNOS. The van der Waals surface area contributed by atoms with E-state index in [1.165, 1.54) is 4.88 Å². The maximum Gasteiger partial charge on any atom is 0.221 e. The summed E-state index contributed by atoms with van der Waals surface area (Å²) in [4.78, 5) is 12.3. The normalized spacial score (nSPS) is 10.1. The molecule has 0 saturated carbocycles. The lowest BCUT2D eigenvalue weighted by molar-refractivity contribution is -0.120. The minimum atomic E-state index is 0.0237. The van der Waals surface area contributed by atoms with Crippen LogP contribution in [0.3, 0.4) is 0 Å². The molecule has 0 aliphatic heterocycles. The molecule has 14 heavy (non-hydrogen) atoms. The number of hydrogen-bond donors (Lipinski definition) is 1. The molecule has 1 rings (SSSR count). The topological polar surface area (TPSA) is 29.1 Å². The van der Waals surface area contributed by atoms with E-state index in [9.17, 15) is 4.79 Å². The Morgan fingerprint density at radius 3 is 2.93 bits per heavy atom. The van der Waals surface area contributed by atoms with Crippen molar-refractivity contribution in [1.29, 1.82) is 0 Å². The Labute approximate surface area is 101 Å². The predicted octanol–water partition coefficient (Wildman–Crippen LogP) is 2.80. The van der Waals surface area contributed by atoms with Gasteiger partial charge in [-0.15, -0.1) is 22.9 Å². The Kier molecular flexibility index (Phi) is 5.52. The molecule has 78 valence electrons. The molecule has 0 aliphatic carbocycles. The van der Waals surface area contributed by atoms with E-state index < -0.39 is 0 Å². The number of nitrogens with one attached hydrogen (secondary N) is 1. The summed E-state index contributed by atoms with van der Waals surface area (Å²) in [6.45, 7) is 0.683. The second-order valence-electron chi connectivity index (χ2n) is 2.74. The van der Waals surface area contributed by atoms with E-state index in [0.29, 0.717) is 18.8 Å². The van der Waals surface area contributed by atoms with Crippen molar-refractivity contribution in [2.24, 2.45) is 0 Å². The molecule has 0 atom stereocenters. The SMILES string of the molecule is O=C(CCCl)NCCc1ccc(Br)s1. The van der Waals surface area contributed by atoms with Crippen molar-refractivity contribution < 1.29 is 4.79 Å². The molecular weight excluding hydrogens is 286 g/mol. The third-order valence-electron chi connectivity index (χ3n) is 1.64. The fourth-order valence-corrected chi connectivity index (χ4v) is 2.64. The zero-order valence-electron chi connectivity index (χ0n) is 7.56. The summed E-state index contributed by atoms with van der Waals surface area (Å²) >= 11 is 10.5. The molecule has 1 N–H and O–H groups in total. The third-order valence-corrected chi connectivity index (χ3v) is 3.52. The first-order chi connectivity index (χ1) is 6.72. The molecule has 0 radical (unpaired) electrons. The van der Waals surface area contributed by atoms with Crippen LogP contribution in [-0.2, 0) is 11.2 Å². The van der Waals surface area contributed by atoms with Crippen LogP contribution >= 0.6 is 38.9 Å². The first-order valence-corrected chi connectivity index (χ1v) is 6.43. The minimum absolute atomic E-state index is 0.0237. The Morgan fingerprint density at radius 1 is 1.57 bits per heavy atom. The van der Waals surface area contributed by atoms with Crippen LogP contribution in [0.4, 0.5) is 0 Å². The Hall–Kier alpha value is -0.0600. The van der Waals surface area contributed by atoms with E-state index in [1.54, 1.807) is 11.3 Å². The van der Waals surface area contributed by atoms with E-state index in [2.05, 4.69) is 27.3 Å². The lowest BCUT2D eigenvalue weighted by Gasteiger charge is -2.01. The quantitative estimate of drug-likeness (QED) is 0.832. The smallest absolute Gasteiger partial charge is 0.221 e. The van der Waals surface area contributed by atoms with Crippen LogP contribution in [0.2, 0.25) is 0 Å². The van der Waals surface area contributed by atoms with E-state index in [-0.39, 0.29) is 5.91 Å². The molecule has 0 spiro atoms. The van der Waals surface area contributed by atoms with Crippen LogP contribution in [0.5, 0.6) is 0 Å². The van der Waals surface area contributed by atoms with Gasteiger partial charge in [0.2, 0.25) is 5.91 Å². The van der Waals surface area contributed by atoms with Gasteiger partial charge in [-0.05, 0) is 34.5 Å². The average molecular weight is 297 g/mol. The second-order valence-corrected chi connectivity index (χ2v) is 5.67. The molecule has 5 heteroatoms. The highest BCUT2D eigenvalue weighted by molar-refractivity contribution is 9.11. The standard InChI is InChI=1S/C9H11BrClNOS/c10-8-2-1-7(14-8)4-6-12-9(13)3-5-11/h1-2H,3-6H2,(H,12,13). The van der Waals surface area contributed by atoms with Crippen LogP contribution in [-0.4, -0.2) is 18.3 Å². The lowest BCUT2D eigenvalue weighted by atomic mass is 10.3. The Balaban J connectivity index is 2.18. The molecule has 0 bridgehead atoms. The number of carbonyl (C=O) groups excluding carboxylic acids is 1. The van der Waals surface area contributed by atoms with Gasteiger partial charge < -0.3 is 5.32 Å². The van der Waals surface area contributed by atoms with Crippen molar-refractivity contribution in [3.63, 3.8) is 0 Å². The van der Waals surface area contributed by atoms with Gasteiger partial charge in [-0.1, -0.05) is 0 Å². The zero-order chi connectivity index (χ0) is 10.4. The molecule has 0 unspecified atom stereocenters. The number of hydrogen-bond acceptors (Lipinski definition) is 2. The molecule has 1 aromatic heterocycles. The Bertz CT molecular complexity index is 303. The first-order valence-electron chi connectivity index (χ1n) is 4.29. The summed E-state index contributed by atoms with van der Waals surface area (Å²) in [6, 6.07) is 4.07. The number of thiophene rings is 1. The average Bonchev–Trinajstić information content (AvgIpc) is 2.52. The second kappa shape index (κ2) is 6.43. The number of amides is 1. The summed E-state index contributed by atoms with van der Waals surface area (Å²) < 4.78 is 1.12. The molecule has 0 aromatic carbocycles. The summed E-state index contributed by atoms with van der Waals surface area (Å²) in [7, 11) is 0. The van der Waals surface area contributed by atoms with E-state index in [0.717, 1.165) is 10.2 Å². The third kappa shape index (κ3) is 4.44. The van der Waals surface area contributed by atoms with Gasteiger partial charge in [-0.25, -0.2) is 0 Å². The minimum Gasteiger partial charge on any atom is -0.356 e. The van der Waals surface area contributed by atoms with Gasteiger partial charge in [-0.2, -0.15) is 0 Å². The highest BCUT2D eigenvalue weighted by atomic mass is 79.9. The van der Waals surface area contributed by atoms with Gasteiger partial charge in [0.25, 0.3) is 0 Å². The first kappa shape index (κ1) is 12.0. The molecule has 0 aliphatic rings. The maximum absolute atomic E-state index is 11.0. The molecule has 0 saturated heterocycles. The lowest BCUT2D eigenvalue weighted by Crippen LogP contribution is -2.25. The fourth-order valence-electron chi connectivity index (χ4n) is 0.985. The van der Waals surface area contributed by atoms with E-state index in [4.69, 9.17) is 11.6 Å². The van der Waals surface area contributed by atoms with Crippen LogP contribution < -0.4 is 5.32 Å². The molecule has 1 aromatic rings. The van der Waals surface area contributed by atoms with Gasteiger partial charge in [0.15, 0.2) is 0 Å². The molecule has 0 fully saturated rings. The maximum atomic E-state index is 11.0. The zero-order valence-corrected chi connectivity index (χ0v) is 10.7.